The number of aromatic nitrogens is 3. The first-order valence-electron chi connectivity index (χ1n) is 20.8. The largest absolute Gasteiger partial charge is 0.456 e. The number of fused-ring (bicyclic) bond motifs is 2. The first-order chi connectivity index (χ1) is 26.5. The molecule has 3 aromatic rings. The number of imidazole rings is 1. The van der Waals surface area contributed by atoms with E-state index in [2.05, 4.69) is 83.1 Å². The van der Waals surface area contributed by atoms with Crippen LogP contribution in [0.4, 0.5) is 4.79 Å². The fraction of sp³-hybridized carbons (Fsp3) is 0.690. The number of pyridine rings is 1. The Hall–Kier alpha value is -2.53. The highest BCUT2D eigenvalue weighted by atomic mass is 35.5. The van der Waals surface area contributed by atoms with Gasteiger partial charge < -0.3 is 33.4 Å². The van der Waals surface area contributed by atoms with Gasteiger partial charge in [-0.3, -0.25) is 4.57 Å². The van der Waals surface area contributed by atoms with Crippen LogP contribution in [0.5, 0.6) is 6.01 Å². The number of hydrogen-bond donors (Lipinski definition) is 1. The molecular formula is C42H63ClN4O7Si2. The van der Waals surface area contributed by atoms with E-state index in [1.54, 1.807) is 0 Å². The third-order valence-electron chi connectivity index (χ3n) is 12.6. The van der Waals surface area contributed by atoms with Gasteiger partial charge in [0.25, 0.3) is 0 Å². The lowest BCUT2D eigenvalue weighted by Crippen LogP contribution is -2.47. The Labute approximate surface area is 340 Å². The van der Waals surface area contributed by atoms with Crippen LogP contribution in [0.15, 0.2) is 30.3 Å². The highest BCUT2D eigenvalue weighted by Crippen LogP contribution is 2.41. The molecule has 1 aromatic carbocycles. The van der Waals surface area contributed by atoms with E-state index in [1.165, 1.54) is 5.56 Å². The van der Waals surface area contributed by atoms with Crippen LogP contribution in [0, 0.1) is 0 Å². The molecule has 2 aromatic heterocycles. The van der Waals surface area contributed by atoms with Crippen molar-refractivity contribution in [2.75, 3.05) is 19.8 Å². The summed E-state index contributed by atoms with van der Waals surface area (Å²) >= 11 is 6.95. The lowest BCUT2D eigenvalue weighted by molar-refractivity contribution is 0.00687. The fourth-order valence-corrected chi connectivity index (χ4v) is 10.4. The molecule has 2 saturated heterocycles. The quantitative estimate of drug-likeness (QED) is 0.133. The minimum Gasteiger partial charge on any atom is -0.456 e. The maximum absolute atomic E-state index is 12.4. The molecule has 7 rings (SSSR count). The Morgan fingerprint density at radius 3 is 2.25 bits per heavy atom. The number of alkyl carbamates (subject to hydrolysis) is 1. The van der Waals surface area contributed by atoms with Crippen molar-refractivity contribution in [1.82, 2.24) is 19.9 Å². The van der Waals surface area contributed by atoms with Gasteiger partial charge in [0, 0.05) is 26.3 Å². The molecule has 14 heteroatoms. The Kier molecular flexibility index (Phi) is 12.6. The van der Waals surface area contributed by atoms with Gasteiger partial charge >= 0.3 is 12.1 Å². The van der Waals surface area contributed by atoms with Crippen LogP contribution in [-0.4, -0.2) is 93.4 Å². The van der Waals surface area contributed by atoms with Gasteiger partial charge in [-0.2, -0.15) is 4.98 Å². The lowest BCUT2D eigenvalue weighted by Gasteiger charge is -2.39. The van der Waals surface area contributed by atoms with E-state index in [9.17, 15) is 4.79 Å². The second-order valence-corrected chi connectivity index (χ2v) is 29.9. The van der Waals surface area contributed by atoms with Crippen LogP contribution < -0.4 is 10.1 Å². The average Bonchev–Trinajstić information content (AvgIpc) is 3.93. The molecule has 1 N–H and O–H groups in total. The zero-order valence-corrected chi connectivity index (χ0v) is 37.5. The van der Waals surface area contributed by atoms with Gasteiger partial charge in [0.2, 0.25) is 0 Å². The highest BCUT2D eigenvalue weighted by molar-refractivity contribution is 6.76. The van der Waals surface area contributed by atoms with E-state index in [0.717, 1.165) is 63.0 Å². The van der Waals surface area contributed by atoms with Crippen LogP contribution in [0.1, 0.15) is 83.6 Å². The number of amides is 1. The Morgan fingerprint density at radius 2 is 1.59 bits per heavy atom. The van der Waals surface area contributed by atoms with Crippen molar-refractivity contribution in [2.45, 2.75) is 165 Å². The molecule has 4 aliphatic rings. The fourth-order valence-electron chi connectivity index (χ4n) is 8.11. The summed E-state index contributed by atoms with van der Waals surface area (Å²) in [6.07, 6.45) is 7.06. The number of ether oxygens (including phenoxy) is 5. The summed E-state index contributed by atoms with van der Waals surface area (Å²) < 4.78 is 39.8. The van der Waals surface area contributed by atoms with E-state index in [0.29, 0.717) is 53.6 Å². The molecule has 0 bridgehead atoms. The van der Waals surface area contributed by atoms with Gasteiger partial charge in [0.15, 0.2) is 20.1 Å². The van der Waals surface area contributed by atoms with Crippen molar-refractivity contribution in [3.05, 3.63) is 40.9 Å². The van der Waals surface area contributed by atoms with Crippen LogP contribution in [0.2, 0.25) is 48.8 Å². The van der Waals surface area contributed by atoms with Gasteiger partial charge in [-0.15, -0.1) is 0 Å². The van der Waals surface area contributed by atoms with Crippen LogP contribution in [0.3, 0.4) is 0 Å². The molecule has 2 aliphatic heterocycles. The number of rotatable bonds is 13. The van der Waals surface area contributed by atoms with Crippen molar-refractivity contribution in [2.24, 2.45) is 0 Å². The predicted molar refractivity (Wildman–Crippen MR) is 225 cm³/mol. The number of benzene rings is 1. The summed E-state index contributed by atoms with van der Waals surface area (Å²) in [6, 6.07) is 12.1. The molecular weight excluding hydrogens is 764 g/mol. The third-order valence-corrected chi connectivity index (χ3v) is 19.1. The lowest BCUT2D eigenvalue weighted by atomic mass is 9.81. The Balaban J connectivity index is 1.05. The van der Waals surface area contributed by atoms with E-state index in [4.69, 9.17) is 49.7 Å². The van der Waals surface area contributed by atoms with Gasteiger partial charge in [-0.1, -0.05) is 76.3 Å². The molecule has 0 spiro atoms. The van der Waals surface area contributed by atoms with E-state index >= 15 is 0 Å². The molecule has 4 unspecified atom stereocenters. The number of halogens is 1. The maximum Gasteiger partial charge on any atom is 0.407 e. The van der Waals surface area contributed by atoms with Crippen molar-refractivity contribution in [1.29, 1.82) is 0 Å². The normalized spacial score (nSPS) is 26.2. The van der Waals surface area contributed by atoms with Crippen molar-refractivity contribution < 1.29 is 32.9 Å². The first kappa shape index (κ1) is 41.6. The number of hydrogen-bond acceptors (Lipinski definition) is 9. The Bertz CT molecular complexity index is 1810. The monoisotopic (exact) mass is 826 g/mol. The van der Waals surface area contributed by atoms with Gasteiger partial charge in [0.05, 0.1) is 30.0 Å². The molecule has 4 atom stereocenters. The number of carbonyl (C=O) groups excluding carboxylic acids is 1. The summed E-state index contributed by atoms with van der Waals surface area (Å²) in [5.41, 5.74) is 4.19. The summed E-state index contributed by atoms with van der Waals surface area (Å²) in [6.45, 7) is 20.0. The molecule has 2 aliphatic carbocycles. The molecule has 2 saturated carbocycles. The predicted octanol–water partition coefficient (Wildman–Crippen LogP) is 9.69. The molecule has 0 radical (unpaired) electrons. The Morgan fingerprint density at radius 1 is 0.929 bits per heavy atom. The SMILES string of the molecule is CC(C)(C)[Si](C)(C)OC1COC2C(Oc3nc4cc(Cl)c(-c5ccc(C6CCC(NC(=O)OC7CCCC7)CC6)cc5)nc4n3COCC[Si](C)(C)C)COC12. The minimum absolute atomic E-state index is 0.0832. The van der Waals surface area contributed by atoms with E-state index in [1.807, 2.05) is 10.6 Å². The number of nitrogens with one attached hydrogen (secondary N) is 1. The first-order valence-corrected chi connectivity index (χ1v) is 27.8. The minimum atomic E-state index is -2.02. The van der Waals surface area contributed by atoms with Crippen LogP contribution in [-0.2, 0) is 30.1 Å². The van der Waals surface area contributed by atoms with Gasteiger partial charge in [0.1, 0.15) is 30.6 Å². The van der Waals surface area contributed by atoms with Crippen molar-refractivity contribution in [3.8, 4) is 17.3 Å². The standard InChI is InChI=1S/C42H63ClN4O7Si2/c1-42(2,3)56(7,8)54-35-25-51-37-34(24-50-38(35)37)53-40-45-33-23-32(43)36(46-39(33)47(40)26-49-21-22-55(4,5)6)29-15-13-27(14-16-29)28-17-19-30(20-18-28)44-41(48)52-31-11-9-10-12-31/h13-16,23,28,30-31,34-35,37-38H,9-12,17-22,24-26H2,1-8H3,(H,44,48). The molecule has 11 nitrogen and oxygen atoms in total. The van der Waals surface area contributed by atoms with E-state index < -0.39 is 16.4 Å². The van der Waals surface area contributed by atoms with Crippen LogP contribution >= 0.6 is 11.6 Å². The topological polar surface area (TPSA) is 115 Å². The smallest absolute Gasteiger partial charge is 0.407 e. The molecule has 56 heavy (non-hydrogen) atoms. The maximum atomic E-state index is 12.4. The molecule has 1 amide bonds. The summed E-state index contributed by atoms with van der Waals surface area (Å²) in [7, 11) is -3.32. The number of nitrogens with zero attached hydrogens (tertiary/aromatic N) is 3. The average molecular weight is 828 g/mol. The van der Waals surface area contributed by atoms with Crippen LogP contribution in [0.25, 0.3) is 22.4 Å². The zero-order chi connectivity index (χ0) is 39.8. The number of carbonyl (C=O) groups is 1. The van der Waals surface area contributed by atoms with Crippen molar-refractivity contribution in [3.63, 3.8) is 0 Å². The molecule has 4 fully saturated rings. The molecule has 308 valence electrons. The van der Waals surface area contributed by atoms with E-state index in [-0.39, 0.29) is 54.4 Å². The highest BCUT2D eigenvalue weighted by Gasteiger charge is 2.52. The third kappa shape index (κ3) is 9.67. The zero-order valence-electron chi connectivity index (χ0n) is 34.7. The molecule has 4 heterocycles. The second kappa shape index (κ2) is 17.0. The van der Waals surface area contributed by atoms with Gasteiger partial charge in [-0.05, 0) is 93.1 Å². The summed E-state index contributed by atoms with van der Waals surface area (Å²) in [5.74, 6) is 0.435. The second-order valence-electron chi connectivity index (χ2n) is 19.1. The summed E-state index contributed by atoms with van der Waals surface area (Å²) in [5, 5.41) is 3.72. The van der Waals surface area contributed by atoms with Gasteiger partial charge in [-0.25, -0.2) is 9.78 Å². The van der Waals surface area contributed by atoms with Crippen molar-refractivity contribution >= 4 is 45.2 Å². The summed E-state index contributed by atoms with van der Waals surface area (Å²) in [4.78, 5) is 22.4.